The van der Waals surface area contributed by atoms with Gasteiger partial charge < -0.3 is 10.6 Å². The lowest BCUT2D eigenvalue weighted by Gasteiger charge is -2.34. The van der Waals surface area contributed by atoms with Crippen molar-refractivity contribution in [3.05, 3.63) is 29.8 Å². The second-order valence-corrected chi connectivity index (χ2v) is 7.12. The second kappa shape index (κ2) is 5.86. The van der Waals surface area contributed by atoms with Crippen molar-refractivity contribution < 1.29 is 0 Å². The highest BCUT2D eigenvalue weighted by atomic mass is 32.2. The van der Waals surface area contributed by atoms with Gasteiger partial charge in [-0.2, -0.15) is 0 Å². The standard InChI is InChI=1S/C16H24N2S/c1-18(14-8-6-13(17)7-9-14)10-12-11-19-16-5-3-2-4-15(12)16/h2-5,12-14H,6-11,17H2,1H3. The number of fused-ring (bicyclic) bond motifs is 1. The number of nitrogens with zero attached hydrogens (tertiary/aromatic N) is 1. The lowest BCUT2D eigenvalue weighted by molar-refractivity contribution is 0.177. The van der Waals surface area contributed by atoms with Gasteiger partial charge in [-0.3, -0.25) is 0 Å². The molecule has 1 heterocycles. The van der Waals surface area contributed by atoms with E-state index in [1.165, 1.54) is 42.9 Å². The zero-order valence-corrected chi connectivity index (χ0v) is 12.5. The van der Waals surface area contributed by atoms with Crippen LogP contribution in [0.15, 0.2) is 29.2 Å². The highest BCUT2D eigenvalue weighted by Crippen LogP contribution is 2.40. The summed E-state index contributed by atoms with van der Waals surface area (Å²) >= 11 is 2.02. The normalized spacial score (nSPS) is 30.6. The summed E-state index contributed by atoms with van der Waals surface area (Å²) in [6, 6.07) is 10.1. The Morgan fingerprint density at radius 1 is 1.21 bits per heavy atom. The first-order valence-corrected chi connectivity index (χ1v) is 8.40. The van der Waals surface area contributed by atoms with E-state index in [1.54, 1.807) is 5.56 Å². The molecule has 1 aliphatic heterocycles. The summed E-state index contributed by atoms with van der Waals surface area (Å²) in [6.07, 6.45) is 4.95. The Morgan fingerprint density at radius 3 is 2.74 bits per heavy atom. The Hall–Kier alpha value is -0.510. The maximum atomic E-state index is 6.00. The van der Waals surface area contributed by atoms with Crippen LogP contribution >= 0.6 is 11.8 Å². The van der Waals surface area contributed by atoms with Crippen LogP contribution in [0, 0.1) is 0 Å². The molecular formula is C16H24N2S. The third kappa shape index (κ3) is 2.99. The van der Waals surface area contributed by atoms with Gasteiger partial charge in [0.05, 0.1) is 0 Å². The smallest absolute Gasteiger partial charge is 0.0108 e. The molecule has 0 radical (unpaired) electrons. The minimum Gasteiger partial charge on any atom is -0.328 e. The third-order valence-electron chi connectivity index (χ3n) is 4.67. The van der Waals surface area contributed by atoms with Crippen LogP contribution in [-0.4, -0.2) is 36.3 Å². The maximum Gasteiger partial charge on any atom is 0.0108 e. The predicted molar refractivity (Wildman–Crippen MR) is 82.8 cm³/mol. The van der Waals surface area contributed by atoms with Gasteiger partial charge in [-0.15, -0.1) is 11.8 Å². The summed E-state index contributed by atoms with van der Waals surface area (Å²) in [5.74, 6) is 1.96. The fraction of sp³-hybridized carbons (Fsp3) is 0.625. The van der Waals surface area contributed by atoms with Crippen LogP contribution in [0.4, 0.5) is 0 Å². The fourth-order valence-electron chi connectivity index (χ4n) is 3.42. The molecule has 1 unspecified atom stereocenters. The van der Waals surface area contributed by atoms with Gasteiger partial charge in [0.1, 0.15) is 0 Å². The topological polar surface area (TPSA) is 29.3 Å². The van der Waals surface area contributed by atoms with Crippen molar-refractivity contribution in [3.63, 3.8) is 0 Å². The van der Waals surface area contributed by atoms with Gasteiger partial charge in [0.2, 0.25) is 0 Å². The van der Waals surface area contributed by atoms with E-state index in [0.29, 0.717) is 12.0 Å². The van der Waals surface area contributed by atoms with Gasteiger partial charge in [-0.1, -0.05) is 18.2 Å². The van der Waals surface area contributed by atoms with Crippen LogP contribution < -0.4 is 5.73 Å². The van der Waals surface area contributed by atoms with E-state index >= 15 is 0 Å². The predicted octanol–water partition coefficient (Wildman–Crippen LogP) is 3.08. The molecule has 2 N–H and O–H groups in total. The summed E-state index contributed by atoms with van der Waals surface area (Å²) in [6.45, 7) is 1.20. The summed E-state index contributed by atoms with van der Waals surface area (Å²) < 4.78 is 0. The van der Waals surface area contributed by atoms with Crippen LogP contribution in [0.5, 0.6) is 0 Å². The van der Waals surface area contributed by atoms with E-state index in [-0.39, 0.29) is 0 Å². The highest BCUT2D eigenvalue weighted by Gasteiger charge is 2.27. The zero-order valence-electron chi connectivity index (χ0n) is 11.7. The molecule has 1 atom stereocenters. The molecule has 1 aromatic rings. The molecule has 0 bridgehead atoms. The first-order chi connectivity index (χ1) is 9.24. The number of likely N-dealkylation sites (N-methyl/N-ethyl adjacent to an activating group) is 1. The Morgan fingerprint density at radius 2 is 1.95 bits per heavy atom. The number of rotatable bonds is 3. The van der Waals surface area contributed by atoms with Crippen molar-refractivity contribution in [2.45, 2.75) is 48.6 Å². The summed E-state index contributed by atoms with van der Waals surface area (Å²) in [7, 11) is 2.30. The summed E-state index contributed by atoms with van der Waals surface area (Å²) in [5.41, 5.74) is 7.56. The lowest BCUT2D eigenvalue weighted by Crippen LogP contribution is -2.40. The van der Waals surface area contributed by atoms with Crippen molar-refractivity contribution in [3.8, 4) is 0 Å². The number of thioether (sulfide) groups is 1. The van der Waals surface area contributed by atoms with Crippen LogP contribution in [0.25, 0.3) is 0 Å². The van der Waals surface area contributed by atoms with E-state index < -0.39 is 0 Å². The molecule has 2 nitrogen and oxygen atoms in total. The van der Waals surface area contributed by atoms with Gasteiger partial charge >= 0.3 is 0 Å². The summed E-state index contributed by atoms with van der Waals surface area (Å²) in [5, 5.41) is 0. The number of hydrogen-bond donors (Lipinski definition) is 1. The molecule has 0 spiro atoms. The molecule has 0 saturated heterocycles. The van der Waals surface area contributed by atoms with Crippen molar-refractivity contribution in [2.24, 2.45) is 5.73 Å². The quantitative estimate of drug-likeness (QED) is 0.920. The van der Waals surface area contributed by atoms with Gasteiger partial charge in [-0.25, -0.2) is 0 Å². The van der Waals surface area contributed by atoms with E-state index in [9.17, 15) is 0 Å². The van der Waals surface area contributed by atoms with E-state index in [0.717, 1.165) is 6.04 Å². The van der Waals surface area contributed by atoms with E-state index in [4.69, 9.17) is 5.73 Å². The number of hydrogen-bond acceptors (Lipinski definition) is 3. The van der Waals surface area contributed by atoms with Gasteiger partial charge in [-0.05, 0) is 44.4 Å². The van der Waals surface area contributed by atoms with Crippen molar-refractivity contribution >= 4 is 11.8 Å². The monoisotopic (exact) mass is 276 g/mol. The third-order valence-corrected chi connectivity index (χ3v) is 5.92. The minimum absolute atomic E-state index is 0.451. The molecule has 2 aliphatic rings. The molecule has 0 amide bonds. The van der Waals surface area contributed by atoms with Gasteiger partial charge in [0.15, 0.2) is 0 Å². The Balaban J connectivity index is 1.60. The van der Waals surface area contributed by atoms with Crippen molar-refractivity contribution in [2.75, 3.05) is 19.3 Å². The van der Waals surface area contributed by atoms with E-state index in [1.807, 2.05) is 11.8 Å². The van der Waals surface area contributed by atoms with Crippen molar-refractivity contribution in [1.82, 2.24) is 4.90 Å². The summed E-state index contributed by atoms with van der Waals surface area (Å²) in [4.78, 5) is 4.07. The average Bonchev–Trinajstić information content (AvgIpc) is 2.83. The lowest BCUT2D eigenvalue weighted by atomic mass is 9.90. The number of nitrogens with two attached hydrogens (primary N) is 1. The Bertz CT molecular complexity index is 427. The highest BCUT2D eigenvalue weighted by molar-refractivity contribution is 7.99. The maximum absolute atomic E-state index is 6.00. The molecular weight excluding hydrogens is 252 g/mol. The van der Waals surface area contributed by atoms with Crippen molar-refractivity contribution in [1.29, 1.82) is 0 Å². The first-order valence-electron chi connectivity index (χ1n) is 7.41. The van der Waals surface area contributed by atoms with Gasteiger partial charge in [0.25, 0.3) is 0 Å². The molecule has 3 heteroatoms. The number of benzene rings is 1. The SMILES string of the molecule is CN(CC1CSc2ccccc21)C1CCC(N)CC1. The zero-order chi connectivity index (χ0) is 13.2. The van der Waals surface area contributed by atoms with Crippen LogP contribution in [-0.2, 0) is 0 Å². The molecule has 1 aliphatic carbocycles. The fourth-order valence-corrected chi connectivity index (χ4v) is 4.66. The molecule has 1 aromatic carbocycles. The second-order valence-electron chi connectivity index (χ2n) is 6.05. The van der Waals surface area contributed by atoms with E-state index in [2.05, 4.69) is 36.2 Å². The largest absolute Gasteiger partial charge is 0.328 e. The Labute approximate surface area is 120 Å². The van der Waals surface area contributed by atoms with Crippen LogP contribution in [0.1, 0.15) is 37.2 Å². The van der Waals surface area contributed by atoms with Gasteiger partial charge in [0, 0.05) is 35.2 Å². The molecule has 0 aromatic heterocycles. The van der Waals surface area contributed by atoms with Crippen LogP contribution in [0.3, 0.4) is 0 Å². The molecule has 3 rings (SSSR count). The van der Waals surface area contributed by atoms with Crippen LogP contribution in [0.2, 0.25) is 0 Å². The molecule has 1 saturated carbocycles. The molecule has 19 heavy (non-hydrogen) atoms. The minimum atomic E-state index is 0.451. The molecule has 1 fully saturated rings. The first kappa shape index (κ1) is 13.5. The Kier molecular flexibility index (Phi) is 4.15. The molecule has 104 valence electrons. The average molecular weight is 276 g/mol.